The molecule has 0 aliphatic carbocycles. The smallest absolute Gasteiger partial charge is 0.269 e. The lowest BCUT2D eigenvalue weighted by molar-refractivity contribution is -0.132. The van der Waals surface area contributed by atoms with E-state index in [0.717, 1.165) is 31.9 Å². The summed E-state index contributed by atoms with van der Waals surface area (Å²) >= 11 is 0. The fourth-order valence-corrected chi connectivity index (χ4v) is 4.06. The third-order valence-corrected chi connectivity index (χ3v) is 5.72. The van der Waals surface area contributed by atoms with Crippen LogP contribution < -0.4 is 15.8 Å². The molecule has 8 nitrogen and oxygen atoms in total. The van der Waals surface area contributed by atoms with Crippen molar-refractivity contribution >= 4 is 11.6 Å². The van der Waals surface area contributed by atoms with Gasteiger partial charge >= 0.3 is 0 Å². The Bertz CT molecular complexity index is 923. The van der Waals surface area contributed by atoms with E-state index < -0.39 is 0 Å². The largest absolute Gasteiger partial charge is 0.378 e. The van der Waals surface area contributed by atoms with Crippen molar-refractivity contribution in [2.45, 2.75) is 25.9 Å². The van der Waals surface area contributed by atoms with E-state index in [2.05, 4.69) is 32.5 Å². The summed E-state index contributed by atoms with van der Waals surface area (Å²) in [5, 5.41) is 9.72. The first-order valence-corrected chi connectivity index (χ1v) is 10.1. The summed E-state index contributed by atoms with van der Waals surface area (Å²) in [6, 6.07) is 8.24. The number of nitrogens with one attached hydrogen (secondary N) is 2. The maximum absolute atomic E-state index is 12.3. The molecule has 2 aliphatic rings. The number of piperazine rings is 1. The highest BCUT2D eigenvalue weighted by atomic mass is 16.5. The van der Waals surface area contributed by atoms with Gasteiger partial charge in [0, 0.05) is 38.3 Å². The minimum atomic E-state index is -0.181. The Morgan fingerprint density at radius 2 is 2.07 bits per heavy atom. The minimum absolute atomic E-state index is 0.0113. The second-order valence-corrected chi connectivity index (χ2v) is 7.51. The van der Waals surface area contributed by atoms with Crippen LogP contribution in [-0.2, 0) is 16.1 Å². The molecular weight excluding hydrogens is 370 g/mol. The molecule has 0 unspecified atom stereocenters. The third kappa shape index (κ3) is 4.18. The van der Waals surface area contributed by atoms with Crippen molar-refractivity contribution in [2.75, 3.05) is 44.3 Å². The van der Waals surface area contributed by atoms with Crippen molar-refractivity contribution in [3.05, 3.63) is 57.5 Å². The number of anilines is 1. The van der Waals surface area contributed by atoms with Gasteiger partial charge in [-0.05, 0) is 18.1 Å². The second kappa shape index (κ2) is 8.75. The standard InChI is InChI=1S/C21H27N5O3/c1-15-18(12-23-24-21(15)28)26-13-16-4-2-3-5-17(16)19(26)14-29-11-6-20(27)25-9-7-22-8-10-25/h2-5,12,19,22H,6-11,13-14H2,1H3,(H,24,28)/t19-/m0/s1. The Kier molecular flexibility index (Phi) is 5.92. The SMILES string of the molecule is Cc1c(N2Cc3ccccc3[C@@H]2COCCC(=O)N2CCNCC2)cn[nH]c1=O. The topological polar surface area (TPSA) is 90.6 Å². The summed E-state index contributed by atoms with van der Waals surface area (Å²) in [4.78, 5) is 28.4. The summed E-state index contributed by atoms with van der Waals surface area (Å²) in [6.07, 6.45) is 2.09. The lowest BCUT2D eigenvalue weighted by atomic mass is 10.1. The molecule has 2 aromatic rings. The molecule has 1 atom stereocenters. The third-order valence-electron chi connectivity index (χ3n) is 5.72. The summed E-state index contributed by atoms with van der Waals surface area (Å²) in [6.45, 7) is 6.58. The highest BCUT2D eigenvalue weighted by Crippen LogP contribution is 2.37. The number of aromatic nitrogens is 2. The molecule has 1 aromatic carbocycles. The average Bonchev–Trinajstić information content (AvgIpc) is 3.12. The number of H-pyrrole nitrogens is 1. The number of carbonyl (C=O) groups excluding carboxylic acids is 1. The van der Waals surface area contributed by atoms with E-state index in [1.54, 1.807) is 6.20 Å². The van der Waals surface area contributed by atoms with Crippen LogP contribution >= 0.6 is 0 Å². The summed E-state index contributed by atoms with van der Waals surface area (Å²) in [5.74, 6) is 0.143. The number of hydrogen-bond acceptors (Lipinski definition) is 6. The van der Waals surface area contributed by atoms with Gasteiger partial charge in [0.05, 0.1) is 37.6 Å². The fraction of sp³-hybridized carbons (Fsp3) is 0.476. The first-order valence-electron chi connectivity index (χ1n) is 10.1. The van der Waals surface area contributed by atoms with Crippen LogP contribution in [0.1, 0.15) is 29.2 Å². The lowest BCUT2D eigenvalue weighted by Crippen LogP contribution is -2.46. The molecule has 1 fully saturated rings. The van der Waals surface area contributed by atoms with Gasteiger partial charge < -0.3 is 19.9 Å². The first kappa shape index (κ1) is 19.6. The van der Waals surface area contributed by atoms with Gasteiger partial charge in [-0.25, -0.2) is 5.10 Å². The number of ether oxygens (including phenoxy) is 1. The predicted molar refractivity (Wildman–Crippen MR) is 110 cm³/mol. The molecule has 2 aliphatic heterocycles. The Morgan fingerprint density at radius 1 is 1.28 bits per heavy atom. The molecule has 0 spiro atoms. The number of nitrogens with zero attached hydrogens (tertiary/aromatic N) is 3. The number of fused-ring (bicyclic) bond motifs is 1. The molecule has 1 amide bonds. The van der Waals surface area contributed by atoms with Crippen molar-refractivity contribution in [3.63, 3.8) is 0 Å². The van der Waals surface area contributed by atoms with Gasteiger partial charge in [0.2, 0.25) is 5.91 Å². The van der Waals surface area contributed by atoms with E-state index in [-0.39, 0.29) is 17.5 Å². The van der Waals surface area contributed by atoms with Crippen molar-refractivity contribution in [3.8, 4) is 0 Å². The first-order chi connectivity index (χ1) is 14.1. The monoisotopic (exact) mass is 397 g/mol. The van der Waals surface area contributed by atoms with Crippen LogP contribution in [0.15, 0.2) is 35.3 Å². The summed E-state index contributed by atoms with van der Waals surface area (Å²) < 4.78 is 5.95. The van der Waals surface area contributed by atoms with Crippen molar-refractivity contribution in [1.82, 2.24) is 20.4 Å². The van der Waals surface area contributed by atoms with E-state index in [0.29, 0.717) is 31.7 Å². The van der Waals surface area contributed by atoms with Gasteiger partial charge in [0.15, 0.2) is 0 Å². The normalized spacial score (nSPS) is 18.7. The number of hydrogen-bond donors (Lipinski definition) is 2. The van der Waals surface area contributed by atoms with E-state index in [4.69, 9.17) is 4.74 Å². The lowest BCUT2D eigenvalue weighted by Gasteiger charge is -2.29. The molecule has 0 bridgehead atoms. The molecule has 4 rings (SSSR count). The van der Waals surface area contributed by atoms with Crippen LogP contribution in [0, 0.1) is 6.92 Å². The maximum atomic E-state index is 12.3. The number of carbonyl (C=O) groups is 1. The van der Waals surface area contributed by atoms with Crippen LogP contribution in [0.3, 0.4) is 0 Å². The van der Waals surface area contributed by atoms with Gasteiger partial charge in [-0.1, -0.05) is 24.3 Å². The quantitative estimate of drug-likeness (QED) is 0.706. The fourth-order valence-electron chi connectivity index (χ4n) is 4.06. The molecule has 1 saturated heterocycles. The Labute approximate surface area is 169 Å². The highest BCUT2D eigenvalue weighted by molar-refractivity contribution is 5.76. The van der Waals surface area contributed by atoms with Crippen LogP contribution in [0.4, 0.5) is 5.69 Å². The molecule has 0 radical (unpaired) electrons. The zero-order chi connectivity index (χ0) is 20.2. The molecule has 0 saturated carbocycles. The minimum Gasteiger partial charge on any atom is -0.378 e. The number of amides is 1. The van der Waals surface area contributed by atoms with Gasteiger partial charge in [0.1, 0.15) is 0 Å². The molecule has 1 aromatic heterocycles. The van der Waals surface area contributed by atoms with Crippen molar-refractivity contribution < 1.29 is 9.53 Å². The molecule has 8 heteroatoms. The van der Waals surface area contributed by atoms with E-state index >= 15 is 0 Å². The molecule has 154 valence electrons. The van der Waals surface area contributed by atoms with Crippen LogP contribution in [-0.4, -0.2) is 60.4 Å². The Hall–Kier alpha value is -2.71. The van der Waals surface area contributed by atoms with Gasteiger partial charge in [0.25, 0.3) is 5.56 Å². The van der Waals surface area contributed by atoms with Crippen LogP contribution in [0.2, 0.25) is 0 Å². The van der Waals surface area contributed by atoms with Crippen molar-refractivity contribution in [2.24, 2.45) is 0 Å². The van der Waals surface area contributed by atoms with Crippen LogP contribution in [0.25, 0.3) is 0 Å². The van der Waals surface area contributed by atoms with Crippen LogP contribution in [0.5, 0.6) is 0 Å². The average molecular weight is 397 g/mol. The Balaban J connectivity index is 1.42. The highest BCUT2D eigenvalue weighted by Gasteiger charge is 2.31. The zero-order valence-electron chi connectivity index (χ0n) is 16.7. The number of rotatable bonds is 6. The van der Waals surface area contributed by atoms with Crippen molar-refractivity contribution in [1.29, 1.82) is 0 Å². The summed E-state index contributed by atoms with van der Waals surface area (Å²) in [5.41, 5.74) is 3.69. The maximum Gasteiger partial charge on any atom is 0.269 e. The molecule has 29 heavy (non-hydrogen) atoms. The molecule has 2 N–H and O–H groups in total. The van der Waals surface area contributed by atoms with E-state index in [1.165, 1.54) is 11.1 Å². The van der Waals surface area contributed by atoms with Gasteiger partial charge in [-0.15, -0.1) is 0 Å². The van der Waals surface area contributed by atoms with E-state index in [9.17, 15) is 9.59 Å². The number of aromatic amines is 1. The van der Waals surface area contributed by atoms with Gasteiger partial charge in [-0.3, -0.25) is 9.59 Å². The van der Waals surface area contributed by atoms with E-state index in [1.807, 2.05) is 24.0 Å². The number of benzene rings is 1. The predicted octanol–water partition coefficient (Wildman–Crippen LogP) is 0.978. The second-order valence-electron chi connectivity index (χ2n) is 7.51. The molecule has 3 heterocycles. The summed E-state index contributed by atoms with van der Waals surface area (Å²) in [7, 11) is 0. The Morgan fingerprint density at radius 3 is 2.90 bits per heavy atom. The zero-order valence-corrected chi connectivity index (χ0v) is 16.7. The van der Waals surface area contributed by atoms with Gasteiger partial charge in [-0.2, -0.15) is 5.10 Å². The molecular formula is C21H27N5O3.